The first-order valence-corrected chi connectivity index (χ1v) is 6.97. The third kappa shape index (κ3) is 3.92. The lowest BCUT2D eigenvalue weighted by Gasteiger charge is -2.18. The number of carboxylic acid groups (broad SMARTS) is 1. The summed E-state index contributed by atoms with van der Waals surface area (Å²) < 4.78 is 1.85. The Labute approximate surface area is 124 Å². The summed E-state index contributed by atoms with van der Waals surface area (Å²) in [4.78, 5) is 12.9. The zero-order valence-corrected chi connectivity index (χ0v) is 12.7. The molecule has 0 saturated heterocycles. The fourth-order valence-corrected chi connectivity index (χ4v) is 2.29. The normalized spacial score (nSPS) is 12.6. The van der Waals surface area contributed by atoms with Crippen LogP contribution >= 0.6 is 0 Å². The third-order valence-electron chi connectivity index (χ3n) is 3.49. The van der Waals surface area contributed by atoms with Gasteiger partial charge in [-0.15, -0.1) is 0 Å². The molecule has 0 saturated carbocycles. The summed E-state index contributed by atoms with van der Waals surface area (Å²) in [7, 11) is 3.84. The lowest BCUT2D eigenvalue weighted by Crippen LogP contribution is -2.28. The molecule has 0 spiro atoms. The summed E-state index contributed by atoms with van der Waals surface area (Å²) in [5.41, 5.74) is 3.09. The number of rotatable bonds is 6. The quantitative estimate of drug-likeness (QED) is 0.885. The second-order valence-electron chi connectivity index (χ2n) is 5.45. The first kappa shape index (κ1) is 15.3. The van der Waals surface area contributed by atoms with E-state index in [4.69, 9.17) is 5.11 Å². The van der Waals surface area contributed by atoms with Crippen LogP contribution in [-0.2, 0) is 18.4 Å². The Bertz CT molecular complexity index is 607. The average molecular weight is 287 g/mol. The number of nitrogens with zero attached hydrogens (tertiary/aromatic N) is 3. The molecule has 21 heavy (non-hydrogen) atoms. The van der Waals surface area contributed by atoms with Gasteiger partial charge in [-0.2, -0.15) is 5.10 Å². The molecular weight excluding hydrogens is 266 g/mol. The highest BCUT2D eigenvalue weighted by Crippen LogP contribution is 2.19. The number of aromatic nitrogens is 2. The highest BCUT2D eigenvalue weighted by molar-refractivity contribution is 5.69. The predicted octanol–water partition coefficient (Wildman–Crippen LogP) is 2.24. The van der Waals surface area contributed by atoms with Gasteiger partial charge in [0.05, 0.1) is 17.3 Å². The molecule has 0 radical (unpaired) electrons. The van der Waals surface area contributed by atoms with Crippen molar-refractivity contribution < 1.29 is 9.90 Å². The Morgan fingerprint density at radius 3 is 2.67 bits per heavy atom. The average Bonchev–Trinajstić information content (AvgIpc) is 2.81. The zero-order chi connectivity index (χ0) is 15.4. The van der Waals surface area contributed by atoms with Gasteiger partial charge in [0.15, 0.2) is 0 Å². The molecule has 2 aromatic rings. The summed E-state index contributed by atoms with van der Waals surface area (Å²) >= 11 is 0. The molecule has 0 aliphatic rings. The van der Waals surface area contributed by atoms with Crippen LogP contribution in [0.1, 0.15) is 12.6 Å². The molecular formula is C16H21N3O2. The first-order chi connectivity index (χ1) is 9.97. The van der Waals surface area contributed by atoms with Gasteiger partial charge < -0.3 is 5.11 Å². The molecule has 1 heterocycles. The maximum atomic E-state index is 10.9. The highest BCUT2D eigenvalue weighted by atomic mass is 16.4. The molecule has 0 bridgehead atoms. The number of hydrogen-bond acceptors (Lipinski definition) is 3. The van der Waals surface area contributed by atoms with Gasteiger partial charge in [-0.25, -0.2) is 0 Å². The van der Waals surface area contributed by atoms with E-state index >= 15 is 0 Å². The molecule has 112 valence electrons. The smallest absolute Gasteiger partial charge is 0.307 e. The van der Waals surface area contributed by atoms with Crippen molar-refractivity contribution in [2.75, 3.05) is 13.6 Å². The van der Waals surface area contributed by atoms with E-state index in [0.717, 1.165) is 17.0 Å². The summed E-state index contributed by atoms with van der Waals surface area (Å²) in [6.45, 7) is 2.91. The Morgan fingerprint density at radius 1 is 1.38 bits per heavy atom. The summed E-state index contributed by atoms with van der Waals surface area (Å²) in [6.07, 6.45) is 0. The van der Waals surface area contributed by atoms with Crippen LogP contribution in [0.2, 0.25) is 0 Å². The summed E-state index contributed by atoms with van der Waals surface area (Å²) in [5.74, 6) is -1.14. The molecule has 1 unspecified atom stereocenters. The summed E-state index contributed by atoms with van der Waals surface area (Å²) in [5, 5.41) is 13.5. The van der Waals surface area contributed by atoms with Gasteiger partial charge in [0.2, 0.25) is 0 Å². The van der Waals surface area contributed by atoms with Gasteiger partial charge in [-0.1, -0.05) is 37.3 Å². The number of aryl methyl sites for hydroxylation is 1. The Balaban J connectivity index is 2.08. The highest BCUT2D eigenvalue weighted by Gasteiger charge is 2.15. The summed E-state index contributed by atoms with van der Waals surface area (Å²) in [6, 6.07) is 12.1. The molecule has 5 heteroatoms. The Kier molecular flexibility index (Phi) is 4.75. The van der Waals surface area contributed by atoms with Crippen LogP contribution in [-0.4, -0.2) is 39.3 Å². The van der Waals surface area contributed by atoms with E-state index in [1.54, 1.807) is 6.92 Å². The predicted molar refractivity (Wildman–Crippen MR) is 81.8 cm³/mol. The fraction of sp³-hybridized carbons (Fsp3) is 0.375. The van der Waals surface area contributed by atoms with Gasteiger partial charge in [0.25, 0.3) is 0 Å². The number of benzene rings is 1. The van der Waals surface area contributed by atoms with Gasteiger partial charge in [-0.05, 0) is 13.1 Å². The van der Waals surface area contributed by atoms with Crippen molar-refractivity contribution in [3.63, 3.8) is 0 Å². The van der Waals surface area contributed by atoms with Crippen molar-refractivity contribution in [2.24, 2.45) is 13.0 Å². The minimum Gasteiger partial charge on any atom is -0.481 e. The van der Waals surface area contributed by atoms with Gasteiger partial charge in [-0.3, -0.25) is 14.4 Å². The van der Waals surface area contributed by atoms with Crippen LogP contribution in [0, 0.1) is 5.92 Å². The van der Waals surface area contributed by atoms with Crippen molar-refractivity contribution >= 4 is 5.97 Å². The third-order valence-corrected chi connectivity index (χ3v) is 3.49. The van der Waals surface area contributed by atoms with Crippen LogP contribution in [0.3, 0.4) is 0 Å². The van der Waals surface area contributed by atoms with Crippen LogP contribution < -0.4 is 0 Å². The molecule has 0 fully saturated rings. The number of aliphatic carboxylic acids is 1. The van der Waals surface area contributed by atoms with E-state index in [1.807, 2.05) is 54.0 Å². The number of hydrogen-bond donors (Lipinski definition) is 1. The van der Waals surface area contributed by atoms with E-state index in [1.165, 1.54) is 0 Å². The van der Waals surface area contributed by atoms with Crippen LogP contribution in [0.25, 0.3) is 11.3 Å². The molecule has 1 aromatic carbocycles. The van der Waals surface area contributed by atoms with E-state index in [0.29, 0.717) is 13.1 Å². The van der Waals surface area contributed by atoms with Crippen molar-refractivity contribution in [1.29, 1.82) is 0 Å². The van der Waals surface area contributed by atoms with E-state index in [2.05, 4.69) is 11.2 Å². The Hall–Kier alpha value is -2.14. The molecule has 0 amide bonds. The molecule has 1 atom stereocenters. The van der Waals surface area contributed by atoms with E-state index in [9.17, 15) is 4.79 Å². The molecule has 0 aliphatic heterocycles. The van der Waals surface area contributed by atoms with Crippen molar-refractivity contribution in [1.82, 2.24) is 14.7 Å². The maximum Gasteiger partial charge on any atom is 0.307 e. The minimum atomic E-state index is -0.767. The lowest BCUT2D eigenvalue weighted by atomic mass is 10.1. The second kappa shape index (κ2) is 6.54. The van der Waals surface area contributed by atoms with Crippen molar-refractivity contribution in [3.05, 3.63) is 42.1 Å². The molecule has 2 rings (SSSR count). The van der Waals surface area contributed by atoms with E-state index in [-0.39, 0.29) is 5.92 Å². The fourth-order valence-electron chi connectivity index (χ4n) is 2.29. The van der Waals surface area contributed by atoms with Gasteiger partial charge in [0.1, 0.15) is 0 Å². The second-order valence-corrected chi connectivity index (χ2v) is 5.45. The zero-order valence-electron chi connectivity index (χ0n) is 12.7. The Morgan fingerprint density at radius 2 is 2.05 bits per heavy atom. The largest absolute Gasteiger partial charge is 0.481 e. The molecule has 0 aliphatic carbocycles. The molecule has 5 nitrogen and oxygen atoms in total. The molecule has 1 aromatic heterocycles. The lowest BCUT2D eigenvalue weighted by molar-refractivity contribution is -0.141. The monoisotopic (exact) mass is 287 g/mol. The van der Waals surface area contributed by atoms with E-state index < -0.39 is 5.97 Å². The minimum absolute atomic E-state index is 0.378. The topological polar surface area (TPSA) is 58.4 Å². The van der Waals surface area contributed by atoms with Gasteiger partial charge >= 0.3 is 5.97 Å². The molecule has 1 N–H and O–H groups in total. The maximum absolute atomic E-state index is 10.9. The van der Waals surface area contributed by atoms with Gasteiger partial charge in [0, 0.05) is 25.7 Å². The van der Waals surface area contributed by atoms with Crippen LogP contribution in [0.5, 0.6) is 0 Å². The number of carboxylic acids is 1. The van der Waals surface area contributed by atoms with Crippen molar-refractivity contribution in [3.8, 4) is 11.3 Å². The number of carbonyl (C=O) groups is 1. The standard InChI is InChI=1S/C16H21N3O2/c1-12(16(20)21)10-18(2)11-14-9-15(17-19(14)3)13-7-5-4-6-8-13/h4-9,12H,10-11H2,1-3H3,(H,20,21). The van der Waals surface area contributed by atoms with Crippen LogP contribution in [0.15, 0.2) is 36.4 Å². The van der Waals surface area contributed by atoms with Crippen LogP contribution in [0.4, 0.5) is 0 Å². The first-order valence-electron chi connectivity index (χ1n) is 6.97. The SMILES string of the molecule is CC(CN(C)Cc1cc(-c2ccccc2)nn1C)C(=O)O. The van der Waals surface area contributed by atoms with Crippen molar-refractivity contribution in [2.45, 2.75) is 13.5 Å².